The van der Waals surface area contributed by atoms with Crippen LogP contribution in [0.5, 0.6) is 0 Å². The van der Waals surface area contributed by atoms with Gasteiger partial charge in [-0.25, -0.2) is 4.98 Å². The van der Waals surface area contributed by atoms with Gasteiger partial charge in [-0.1, -0.05) is 0 Å². The van der Waals surface area contributed by atoms with Crippen LogP contribution in [0, 0.1) is 0 Å². The number of aromatic nitrogens is 3. The van der Waals surface area contributed by atoms with Crippen molar-refractivity contribution in [3.8, 4) is 10.6 Å². The van der Waals surface area contributed by atoms with E-state index >= 15 is 0 Å². The summed E-state index contributed by atoms with van der Waals surface area (Å²) in [4.78, 5) is 4.61. The first-order valence-electron chi connectivity index (χ1n) is 5.87. The van der Waals surface area contributed by atoms with Crippen LogP contribution >= 0.6 is 11.3 Å². The maximum Gasteiger partial charge on any atom is 0.125 e. The Labute approximate surface area is 104 Å². The fraction of sp³-hybridized carbons (Fsp3) is 0.417. The second kappa shape index (κ2) is 4.89. The smallest absolute Gasteiger partial charge is 0.125 e. The molecule has 4 nitrogen and oxygen atoms in total. The zero-order valence-corrected chi connectivity index (χ0v) is 10.3. The lowest BCUT2D eigenvalue weighted by molar-refractivity contribution is 0.677. The third-order valence-corrected chi connectivity index (χ3v) is 3.71. The molecule has 0 atom stereocenters. The molecule has 0 aliphatic heterocycles. The van der Waals surface area contributed by atoms with Crippen molar-refractivity contribution >= 4 is 11.3 Å². The SMILES string of the molecule is c1cc(-c2nc(CCNC3CC3)cs2)cnn1. The molecule has 1 saturated carbocycles. The van der Waals surface area contributed by atoms with Gasteiger partial charge in [0.2, 0.25) is 0 Å². The number of nitrogens with one attached hydrogen (secondary N) is 1. The molecule has 2 aromatic heterocycles. The molecule has 1 aliphatic rings. The fourth-order valence-corrected chi connectivity index (χ4v) is 2.51. The molecule has 0 amide bonds. The van der Waals surface area contributed by atoms with Crippen LogP contribution in [0.4, 0.5) is 0 Å². The first-order chi connectivity index (χ1) is 8.42. The first kappa shape index (κ1) is 10.8. The van der Waals surface area contributed by atoms with Crippen LogP contribution < -0.4 is 5.32 Å². The molecule has 0 unspecified atom stereocenters. The van der Waals surface area contributed by atoms with E-state index in [1.165, 1.54) is 12.8 Å². The highest BCUT2D eigenvalue weighted by molar-refractivity contribution is 7.13. The van der Waals surface area contributed by atoms with E-state index in [0.29, 0.717) is 0 Å². The van der Waals surface area contributed by atoms with E-state index in [1.54, 1.807) is 23.7 Å². The normalized spacial score (nSPS) is 15.1. The molecule has 0 radical (unpaired) electrons. The summed E-state index contributed by atoms with van der Waals surface area (Å²) in [6.07, 6.45) is 7.14. The first-order valence-corrected chi connectivity index (χ1v) is 6.74. The average Bonchev–Trinajstić information content (AvgIpc) is 3.07. The average molecular weight is 246 g/mol. The van der Waals surface area contributed by atoms with Crippen LogP contribution in [0.25, 0.3) is 10.6 Å². The molecule has 1 fully saturated rings. The minimum atomic E-state index is 0.775. The van der Waals surface area contributed by atoms with Crippen LogP contribution in [0.15, 0.2) is 23.8 Å². The Hall–Kier alpha value is -1.33. The van der Waals surface area contributed by atoms with Gasteiger partial charge in [-0.15, -0.1) is 11.3 Å². The molecule has 1 aliphatic carbocycles. The highest BCUT2D eigenvalue weighted by Crippen LogP contribution is 2.22. The number of hydrogen-bond donors (Lipinski definition) is 1. The predicted octanol–water partition coefficient (Wildman–Crippen LogP) is 1.89. The van der Waals surface area contributed by atoms with Crippen molar-refractivity contribution in [3.63, 3.8) is 0 Å². The van der Waals surface area contributed by atoms with Crippen LogP contribution in [0.3, 0.4) is 0 Å². The summed E-state index contributed by atoms with van der Waals surface area (Å²) in [5.74, 6) is 0. The van der Waals surface area contributed by atoms with Crippen molar-refractivity contribution < 1.29 is 0 Å². The Morgan fingerprint density at radius 1 is 1.35 bits per heavy atom. The molecule has 0 aromatic carbocycles. The van der Waals surface area contributed by atoms with Gasteiger partial charge in [0.05, 0.1) is 18.1 Å². The molecular formula is C12H14N4S. The fourth-order valence-electron chi connectivity index (χ4n) is 1.66. The van der Waals surface area contributed by atoms with Crippen LogP contribution in [0.2, 0.25) is 0 Å². The molecule has 3 rings (SSSR count). The van der Waals surface area contributed by atoms with E-state index in [0.717, 1.165) is 35.3 Å². The Morgan fingerprint density at radius 2 is 2.29 bits per heavy atom. The number of hydrogen-bond acceptors (Lipinski definition) is 5. The largest absolute Gasteiger partial charge is 0.314 e. The van der Waals surface area contributed by atoms with E-state index in [2.05, 4.69) is 25.9 Å². The topological polar surface area (TPSA) is 50.7 Å². The van der Waals surface area contributed by atoms with Gasteiger partial charge in [-0.05, 0) is 18.9 Å². The summed E-state index contributed by atoms with van der Waals surface area (Å²) >= 11 is 1.67. The molecule has 88 valence electrons. The van der Waals surface area contributed by atoms with E-state index in [4.69, 9.17) is 0 Å². The van der Waals surface area contributed by atoms with E-state index in [-0.39, 0.29) is 0 Å². The van der Waals surface area contributed by atoms with Gasteiger partial charge in [0, 0.05) is 30.0 Å². The minimum Gasteiger partial charge on any atom is -0.314 e. The number of nitrogens with zero attached hydrogens (tertiary/aromatic N) is 3. The van der Waals surface area contributed by atoms with Gasteiger partial charge in [0.1, 0.15) is 5.01 Å². The van der Waals surface area contributed by atoms with Gasteiger partial charge in [-0.2, -0.15) is 10.2 Å². The van der Waals surface area contributed by atoms with Crippen molar-refractivity contribution in [2.75, 3.05) is 6.54 Å². The van der Waals surface area contributed by atoms with Crippen molar-refractivity contribution in [2.45, 2.75) is 25.3 Å². The summed E-state index contributed by atoms with van der Waals surface area (Å²) in [5.41, 5.74) is 2.21. The molecule has 17 heavy (non-hydrogen) atoms. The molecule has 0 bridgehead atoms. The maximum atomic E-state index is 4.61. The Morgan fingerprint density at radius 3 is 3.06 bits per heavy atom. The van der Waals surface area contributed by atoms with E-state index in [9.17, 15) is 0 Å². The molecule has 5 heteroatoms. The Bertz CT molecular complexity index is 478. The third kappa shape index (κ3) is 2.87. The number of rotatable bonds is 5. The highest BCUT2D eigenvalue weighted by Gasteiger charge is 2.19. The lowest BCUT2D eigenvalue weighted by Crippen LogP contribution is -2.19. The van der Waals surface area contributed by atoms with Crippen molar-refractivity contribution in [2.24, 2.45) is 0 Å². The van der Waals surface area contributed by atoms with Gasteiger partial charge in [0.15, 0.2) is 0 Å². The summed E-state index contributed by atoms with van der Waals surface area (Å²) < 4.78 is 0. The van der Waals surface area contributed by atoms with Gasteiger partial charge in [0.25, 0.3) is 0 Å². The summed E-state index contributed by atoms with van der Waals surface area (Å²) in [7, 11) is 0. The van der Waals surface area contributed by atoms with Crippen molar-refractivity contribution in [3.05, 3.63) is 29.5 Å². The highest BCUT2D eigenvalue weighted by atomic mass is 32.1. The summed E-state index contributed by atoms with van der Waals surface area (Å²) in [6.45, 7) is 1.03. The summed E-state index contributed by atoms with van der Waals surface area (Å²) in [6, 6.07) is 2.72. The molecule has 2 aromatic rings. The molecule has 0 saturated heterocycles. The third-order valence-electron chi connectivity index (χ3n) is 2.77. The second-order valence-corrected chi connectivity index (χ2v) is 5.11. The number of thiazole rings is 1. The van der Waals surface area contributed by atoms with E-state index in [1.807, 2.05) is 6.07 Å². The minimum absolute atomic E-state index is 0.775. The van der Waals surface area contributed by atoms with Gasteiger partial charge < -0.3 is 5.32 Å². The van der Waals surface area contributed by atoms with Crippen molar-refractivity contribution in [1.29, 1.82) is 0 Å². The maximum absolute atomic E-state index is 4.61. The van der Waals surface area contributed by atoms with Crippen LogP contribution in [0.1, 0.15) is 18.5 Å². The molecule has 1 N–H and O–H groups in total. The zero-order chi connectivity index (χ0) is 11.5. The lowest BCUT2D eigenvalue weighted by atomic mass is 10.3. The van der Waals surface area contributed by atoms with Crippen molar-refractivity contribution in [1.82, 2.24) is 20.5 Å². The van der Waals surface area contributed by atoms with E-state index < -0.39 is 0 Å². The second-order valence-electron chi connectivity index (χ2n) is 4.25. The van der Waals surface area contributed by atoms with Gasteiger partial charge in [-0.3, -0.25) is 0 Å². The monoisotopic (exact) mass is 246 g/mol. The van der Waals surface area contributed by atoms with Crippen LogP contribution in [-0.2, 0) is 6.42 Å². The standard InChI is InChI=1S/C12H14N4S/c1-2-10(1)13-5-4-11-8-17-12(16-11)9-3-6-14-15-7-9/h3,6-8,10,13H,1-2,4-5H2. The predicted molar refractivity (Wildman–Crippen MR) is 67.9 cm³/mol. The van der Waals surface area contributed by atoms with Crippen LogP contribution in [-0.4, -0.2) is 27.8 Å². The Balaban J connectivity index is 1.61. The molecule has 2 heterocycles. The van der Waals surface area contributed by atoms with Gasteiger partial charge >= 0.3 is 0 Å². The summed E-state index contributed by atoms with van der Waals surface area (Å²) in [5, 5.41) is 14.3. The Kier molecular flexibility index (Phi) is 3.11. The lowest BCUT2D eigenvalue weighted by Gasteiger charge is -1.99. The quantitative estimate of drug-likeness (QED) is 0.875. The zero-order valence-electron chi connectivity index (χ0n) is 9.47. The molecular weight excluding hydrogens is 232 g/mol. The molecule has 0 spiro atoms.